The van der Waals surface area contributed by atoms with Crippen molar-refractivity contribution < 1.29 is 0 Å². The molecule has 0 aliphatic carbocycles. The van der Waals surface area contributed by atoms with E-state index in [2.05, 4.69) is 107 Å². The second kappa shape index (κ2) is 7.35. The highest BCUT2D eigenvalue weighted by Crippen LogP contribution is 2.58. The van der Waals surface area contributed by atoms with Crippen LogP contribution < -0.4 is 15.9 Å². The third kappa shape index (κ3) is 2.97. The van der Waals surface area contributed by atoms with Crippen LogP contribution in [0.25, 0.3) is 4.83 Å². The first-order valence-corrected chi connectivity index (χ1v) is 12.1. The Morgan fingerprint density at radius 1 is 0.714 bits per heavy atom. The van der Waals surface area contributed by atoms with Gasteiger partial charge in [-0.15, -0.1) is 11.3 Å². The Kier molecular flexibility index (Phi) is 4.56. The van der Waals surface area contributed by atoms with Gasteiger partial charge in [-0.05, 0) is 36.4 Å². The SMILES string of the molecule is c1ccc([P+](Cc2cn3cncc3s2)(c2ccccc2)c2ccccc2)cc1. The molecule has 0 aliphatic heterocycles. The topological polar surface area (TPSA) is 17.3 Å². The number of nitrogens with zero attached hydrogens (tertiary/aromatic N) is 2. The molecular formula is C24H20N2PS+. The first-order valence-electron chi connectivity index (χ1n) is 9.31. The van der Waals surface area contributed by atoms with Crippen LogP contribution >= 0.6 is 18.6 Å². The number of rotatable bonds is 5. The van der Waals surface area contributed by atoms with Crippen molar-refractivity contribution in [1.29, 1.82) is 0 Å². The van der Waals surface area contributed by atoms with E-state index in [4.69, 9.17) is 0 Å². The zero-order valence-corrected chi connectivity index (χ0v) is 17.1. The van der Waals surface area contributed by atoms with E-state index < -0.39 is 7.26 Å². The summed E-state index contributed by atoms with van der Waals surface area (Å²) in [5.74, 6) is 0. The lowest BCUT2D eigenvalue weighted by molar-refractivity contribution is 1.16. The summed E-state index contributed by atoms with van der Waals surface area (Å²) >= 11 is 1.84. The summed E-state index contributed by atoms with van der Waals surface area (Å²) in [6, 6.07) is 33.1. The molecule has 0 N–H and O–H groups in total. The Bertz CT molecular complexity index is 1060. The van der Waals surface area contributed by atoms with Crippen molar-refractivity contribution in [3.8, 4) is 0 Å². The lowest BCUT2D eigenvalue weighted by atomic mass is 10.4. The van der Waals surface area contributed by atoms with Crippen molar-refractivity contribution in [3.05, 3.63) is 115 Å². The van der Waals surface area contributed by atoms with Gasteiger partial charge in [0.05, 0.1) is 17.4 Å². The first kappa shape index (κ1) is 17.4. The van der Waals surface area contributed by atoms with Gasteiger partial charge in [0.1, 0.15) is 34.2 Å². The van der Waals surface area contributed by atoms with E-state index in [0.717, 1.165) is 6.16 Å². The molecule has 5 rings (SSSR count). The fourth-order valence-electron chi connectivity index (χ4n) is 3.86. The summed E-state index contributed by atoms with van der Waals surface area (Å²) in [6.45, 7) is 0. The maximum Gasteiger partial charge on any atom is 0.119 e. The zero-order valence-electron chi connectivity index (χ0n) is 15.3. The number of aromatic nitrogens is 2. The van der Waals surface area contributed by atoms with Crippen molar-refractivity contribution >= 4 is 39.3 Å². The van der Waals surface area contributed by atoms with Crippen molar-refractivity contribution in [3.63, 3.8) is 0 Å². The molecule has 0 radical (unpaired) electrons. The lowest BCUT2D eigenvalue weighted by Gasteiger charge is -2.27. The lowest BCUT2D eigenvalue weighted by Crippen LogP contribution is -2.32. The second-order valence-corrected chi connectivity index (χ2v) is 11.4. The van der Waals surface area contributed by atoms with Gasteiger partial charge in [-0.3, -0.25) is 4.40 Å². The normalized spacial score (nSPS) is 11.7. The number of hydrogen-bond donors (Lipinski definition) is 0. The highest BCUT2D eigenvalue weighted by atomic mass is 32.1. The monoisotopic (exact) mass is 399 g/mol. The standard InChI is InChI=1S/C24H20N2PS/c1-4-10-20(11-5-1)27(21-12-6-2-7-13-21,22-14-8-3-9-15-22)18-23-17-26-19-25-16-24(26)28-23/h1-17,19H,18H2/q+1. The van der Waals surface area contributed by atoms with Crippen molar-refractivity contribution in [2.45, 2.75) is 6.16 Å². The molecule has 0 bridgehead atoms. The average molecular weight is 399 g/mol. The summed E-state index contributed by atoms with van der Waals surface area (Å²) in [4.78, 5) is 6.84. The maximum absolute atomic E-state index is 4.26. The summed E-state index contributed by atoms with van der Waals surface area (Å²) in [5, 5.41) is 4.26. The first-order chi connectivity index (χ1) is 13.9. The van der Waals surface area contributed by atoms with Crippen LogP contribution in [0.4, 0.5) is 0 Å². The number of fused-ring (bicyclic) bond motifs is 1. The Balaban J connectivity index is 1.77. The molecule has 4 heteroatoms. The molecule has 0 unspecified atom stereocenters. The van der Waals surface area contributed by atoms with E-state index >= 15 is 0 Å². The Labute approximate surface area is 169 Å². The molecule has 0 spiro atoms. The summed E-state index contributed by atoms with van der Waals surface area (Å²) in [7, 11) is -1.83. The molecule has 2 nitrogen and oxygen atoms in total. The van der Waals surface area contributed by atoms with Gasteiger partial charge in [0.2, 0.25) is 0 Å². The van der Waals surface area contributed by atoms with Gasteiger partial charge >= 0.3 is 0 Å². The molecule has 3 aromatic carbocycles. The summed E-state index contributed by atoms with van der Waals surface area (Å²) < 4.78 is 2.13. The minimum Gasteiger partial charge on any atom is -0.297 e. The number of hydrogen-bond acceptors (Lipinski definition) is 2. The molecule has 0 saturated carbocycles. The van der Waals surface area contributed by atoms with Crippen LogP contribution in [-0.2, 0) is 6.16 Å². The molecule has 0 fully saturated rings. The predicted octanol–water partition coefficient (Wildman–Crippen LogP) is 4.89. The smallest absolute Gasteiger partial charge is 0.119 e. The zero-order chi connectivity index (χ0) is 18.8. The van der Waals surface area contributed by atoms with Crippen LogP contribution in [-0.4, -0.2) is 9.38 Å². The molecule has 5 aromatic rings. The molecule has 0 amide bonds. The van der Waals surface area contributed by atoms with Crippen molar-refractivity contribution in [2.75, 3.05) is 0 Å². The van der Waals surface area contributed by atoms with E-state index in [-0.39, 0.29) is 0 Å². The molecule has 136 valence electrons. The molecule has 0 atom stereocenters. The molecular weight excluding hydrogens is 379 g/mol. The van der Waals surface area contributed by atoms with Gasteiger partial charge in [-0.1, -0.05) is 54.6 Å². The van der Waals surface area contributed by atoms with E-state index in [1.807, 2.05) is 23.9 Å². The Morgan fingerprint density at radius 2 is 1.21 bits per heavy atom. The van der Waals surface area contributed by atoms with Crippen molar-refractivity contribution in [1.82, 2.24) is 9.38 Å². The fourth-order valence-corrected chi connectivity index (χ4v) is 9.49. The van der Waals surface area contributed by atoms with Crippen LogP contribution in [0, 0.1) is 0 Å². The third-order valence-electron chi connectivity index (χ3n) is 5.13. The molecule has 2 heterocycles. The van der Waals surface area contributed by atoms with Crippen LogP contribution in [0.2, 0.25) is 0 Å². The third-order valence-corrected chi connectivity index (χ3v) is 10.7. The van der Waals surface area contributed by atoms with E-state index in [0.29, 0.717) is 0 Å². The summed E-state index contributed by atoms with van der Waals surface area (Å²) in [5.41, 5.74) is 0. The predicted molar refractivity (Wildman–Crippen MR) is 122 cm³/mol. The second-order valence-electron chi connectivity index (χ2n) is 6.81. The maximum atomic E-state index is 4.26. The van der Waals surface area contributed by atoms with Crippen molar-refractivity contribution in [2.24, 2.45) is 0 Å². The van der Waals surface area contributed by atoms with Gasteiger partial charge in [0.25, 0.3) is 0 Å². The fraction of sp³-hybridized carbons (Fsp3) is 0.0417. The number of benzene rings is 3. The van der Waals surface area contributed by atoms with Gasteiger partial charge in [0.15, 0.2) is 0 Å². The largest absolute Gasteiger partial charge is 0.297 e. The van der Waals surface area contributed by atoms with E-state index in [1.165, 1.54) is 25.6 Å². The highest BCUT2D eigenvalue weighted by molar-refractivity contribution is 7.95. The molecule has 28 heavy (non-hydrogen) atoms. The molecule has 0 saturated heterocycles. The minimum absolute atomic E-state index is 1.01. The van der Waals surface area contributed by atoms with E-state index in [1.54, 1.807) is 0 Å². The quantitative estimate of drug-likeness (QED) is 0.385. The van der Waals surface area contributed by atoms with Gasteiger partial charge in [-0.25, -0.2) is 4.98 Å². The van der Waals surface area contributed by atoms with Gasteiger partial charge in [-0.2, -0.15) is 0 Å². The van der Waals surface area contributed by atoms with Gasteiger partial charge < -0.3 is 0 Å². The number of thiazole rings is 1. The van der Waals surface area contributed by atoms with Gasteiger partial charge in [0, 0.05) is 6.20 Å². The average Bonchev–Trinajstić information content (AvgIpc) is 3.36. The van der Waals surface area contributed by atoms with Crippen LogP contribution in [0.1, 0.15) is 4.88 Å². The van der Waals surface area contributed by atoms with E-state index in [9.17, 15) is 0 Å². The summed E-state index contributed by atoms with van der Waals surface area (Å²) in [6.07, 6.45) is 7.10. The molecule has 0 aliphatic rings. The number of imidazole rings is 1. The van der Waals surface area contributed by atoms with Crippen LogP contribution in [0.5, 0.6) is 0 Å². The highest BCUT2D eigenvalue weighted by Gasteiger charge is 2.45. The minimum atomic E-state index is -1.83. The molecule has 2 aromatic heterocycles. The van der Waals surface area contributed by atoms with Crippen LogP contribution in [0.3, 0.4) is 0 Å². The Hall–Kier alpha value is -2.74. The Morgan fingerprint density at radius 3 is 1.68 bits per heavy atom. The van der Waals surface area contributed by atoms with Crippen LogP contribution in [0.15, 0.2) is 110 Å².